The van der Waals surface area contributed by atoms with Crippen LogP contribution in [0.3, 0.4) is 0 Å². The number of halogens is 1. The van der Waals surface area contributed by atoms with Crippen LogP contribution in [0.4, 0.5) is 4.70 Å². The predicted octanol–water partition coefficient (Wildman–Crippen LogP) is 1.80. The summed E-state index contributed by atoms with van der Waals surface area (Å²) in [5.74, 6) is 0.913. The molecule has 0 saturated heterocycles. The largest absolute Gasteiger partial charge is 0.492 e. The summed E-state index contributed by atoms with van der Waals surface area (Å²) in [5.41, 5.74) is 0.721. The first-order chi connectivity index (χ1) is 5.38. The Balaban J connectivity index is 0.000000720. The van der Waals surface area contributed by atoms with Crippen LogP contribution in [0.2, 0.25) is 0 Å². The Labute approximate surface area is 69.5 Å². The van der Waals surface area contributed by atoms with Crippen LogP contribution in [-0.4, -0.2) is 12.4 Å². The zero-order chi connectivity index (χ0) is 7.68. The molecule has 0 radical (unpaired) electrons. The molecule has 3 heteroatoms. The lowest BCUT2D eigenvalue weighted by molar-refractivity contribution is 0.0933. The first-order valence-electron chi connectivity index (χ1n) is 3.63. The van der Waals surface area contributed by atoms with Crippen LogP contribution in [-0.2, 0) is 0 Å². The van der Waals surface area contributed by atoms with Gasteiger partial charge in [0.25, 0.3) is 0 Å². The molecule has 0 bridgehead atoms. The Hall–Kier alpha value is -1.38. The van der Waals surface area contributed by atoms with Crippen molar-refractivity contribution in [2.24, 2.45) is 0 Å². The highest BCUT2D eigenvalue weighted by atomic mass is 19.0. The van der Waals surface area contributed by atoms with Crippen LogP contribution in [0.15, 0.2) is 24.3 Å². The number of carbonyl (C=O) groups is 1. The topological polar surface area (TPSA) is 26.3 Å². The molecule has 0 atom stereocenters. The molecule has 0 N–H and O–H groups in total. The van der Waals surface area contributed by atoms with Gasteiger partial charge in [0.15, 0.2) is 5.78 Å². The monoisotopic (exact) mass is 168 g/mol. The van der Waals surface area contributed by atoms with Gasteiger partial charge in [-0.3, -0.25) is 9.50 Å². The fourth-order valence-electron chi connectivity index (χ4n) is 1.21. The highest BCUT2D eigenvalue weighted by Gasteiger charge is 2.16. The summed E-state index contributed by atoms with van der Waals surface area (Å²) in [6.07, 6.45) is 0.511. The maximum Gasteiger partial charge on any atom is 0.169 e. The van der Waals surface area contributed by atoms with E-state index in [1.54, 1.807) is 6.07 Å². The van der Waals surface area contributed by atoms with Gasteiger partial charge in [-0.05, 0) is 12.1 Å². The van der Waals surface area contributed by atoms with Crippen LogP contribution < -0.4 is 4.74 Å². The van der Waals surface area contributed by atoms with Gasteiger partial charge < -0.3 is 4.74 Å². The number of benzene rings is 1. The zero-order valence-corrected chi connectivity index (χ0v) is 6.45. The Kier molecular flexibility index (Phi) is 2.43. The van der Waals surface area contributed by atoms with E-state index in [0.29, 0.717) is 13.0 Å². The van der Waals surface area contributed by atoms with Crippen molar-refractivity contribution < 1.29 is 14.2 Å². The number of ether oxygens (including phenoxy) is 1. The highest BCUT2D eigenvalue weighted by Crippen LogP contribution is 2.23. The van der Waals surface area contributed by atoms with E-state index < -0.39 is 0 Å². The Bertz CT molecular complexity index is 296. The minimum Gasteiger partial charge on any atom is -0.492 e. The van der Waals surface area contributed by atoms with Crippen molar-refractivity contribution in [3.8, 4) is 5.75 Å². The first-order valence-corrected chi connectivity index (χ1v) is 3.63. The van der Waals surface area contributed by atoms with Crippen molar-refractivity contribution in [2.75, 3.05) is 6.61 Å². The average Bonchev–Trinajstić information content (AvgIpc) is 2.06. The van der Waals surface area contributed by atoms with Gasteiger partial charge in [-0.25, -0.2) is 0 Å². The van der Waals surface area contributed by atoms with Gasteiger partial charge >= 0.3 is 0 Å². The third kappa shape index (κ3) is 1.30. The van der Waals surface area contributed by atoms with E-state index in [4.69, 9.17) is 4.74 Å². The molecule has 0 spiro atoms. The molecular formula is C9H9FO2. The molecule has 64 valence electrons. The summed E-state index contributed by atoms with van der Waals surface area (Å²) in [6, 6.07) is 7.35. The minimum absolute atomic E-state index is 0. The second kappa shape index (κ2) is 3.34. The van der Waals surface area contributed by atoms with E-state index in [-0.39, 0.29) is 10.5 Å². The summed E-state index contributed by atoms with van der Waals surface area (Å²) in [5, 5.41) is 0. The summed E-state index contributed by atoms with van der Waals surface area (Å²) < 4.78 is 5.27. The average molecular weight is 168 g/mol. The highest BCUT2D eigenvalue weighted by molar-refractivity contribution is 5.99. The molecule has 0 fully saturated rings. The van der Waals surface area contributed by atoms with Crippen molar-refractivity contribution >= 4 is 5.78 Å². The molecule has 2 nitrogen and oxygen atoms in total. The molecule has 1 aromatic rings. The van der Waals surface area contributed by atoms with Gasteiger partial charge in [0.1, 0.15) is 5.75 Å². The fourth-order valence-corrected chi connectivity index (χ4v) is 1.21. The van der Waals surface area contributed by atoms with Crippen molar-refractivity contribution in [3.05, 3.63) is 29.8 Å². The van der Waals surface area contributed by atoms with Crippen molar-refractivity contribution in [3.63, 3.8) is 0 Å². The maximum absolute atomic E-state index is 11.2. The molecule has 1 aliphatic rings. The molecule has 2 rings (SSSR count). The lowest BCUT2D eigenvalue weighted by atomic mass is 10.1. The Morgan fingerprint density at radius 2 is 2.00 bits per heavy atom. The maximum atomic E-state index is 11.2. The lowest BCUT2D eigenvalue weighted by Gasteiger charge is -2.14. The SMILES string of the molecule is F.O=C1CCOc2ccccc21. The fraction of sp³-hybridized carbons (Fsp3) is 0.222. The van der Waals surface area contributed by atoms with Gasteiger partial charge in [-0.2, -0.15) is 0 Å². The summed E-state index contributed by atoms with van der Waals surface area (Å²) in [7, 11) is 0. The number of para-hydroxylation sites is 1. The Morgan fingerprint density at radius 3 is 2.75 bits per heavy atom. The number of hydrogen-bond acceptors (Lipinski definition) is 2. The van der Waals surface area contributed by atoms with Crippen molar-refractivity contribution in [1.82, 2.24) is 0 Å². The van der Waals surface area contributed by atoms with Gasteiger partial charge in [-0.15, -0.1) is 0 Å². The predicted molar refractivity (Wildman–Crippen MR) is 43.4 cm³/mol. The van der Waals surface area contributed by atoms with Crippen LogP contribution >= 0.6 is 0 Å². The lowest BCUT2D eigenvalue weighted by Crippen LogP contribution is -2.14. The molecule has 0 unspecified atom stereocenters. The van der Waals surface area contributed by atoms with E-state index in [1.807, 2.05) is 18.2 Å². The minimum atomic E-state index is 0. The van der Waals surface area contributed by atoms with Crippen LogP contribution in [0.1, 0.15) is 16.8 Å². The smallest absolute Gasteiger partial charge is 0.169 e. The van der Waals surface area contributed by atoms with E-state index in [1.165, 1.54) is 0 Å². The molecular weight excluding hydrogens is 159 g/mol. The van der Waals surface area contributed by atoms with Gasteiger partial charge in [0.2, 0.25) is 0 Å². The van der Waals surface area contributed by atoms with Gasteiger partial charge in [0, 0.05) is 6.42 Å². The first kappa shape index (κ1) is 8.71. The van der Waals surface area contributed by atoms with Gasteiger partial charge in [-0.1, -0.05) is 12.1 Å². The number of fused-ring (bicyclic) bond motifs is 1. The molecule has 0 aromatic heterocycles. The van der Waals surface area contributed by atoms with Gasteiger partial charge in [0.05, 0.1) is 12.2 Å². The molecule has 1 aromatic carbocycles. The molecule has 0 amide bonds. The summed E-state index contributed by atoms with van der Waals surface area (Å²) in [6.45, 7) is 0.524. The number of carbonyl (C=O) groups excluding carboxylic acids is 1. The number of hydrogen-bond donors (Lipinski definition) is 0. The molecule has 1 heterocycles. The third-order valence-electron chi connectivity index (χ3n) is 1.77. The quantitative estimate of drug-likeness (QED) is 0.590. The standard InChI is InChI=1S/C9H8O2.FH/c10-8-5-6-11-9-4-2-1-3-7(8)9;/h1-4H,5-6H2;1H. The van der Waals surface area contributed by atoms with Crippen molar-refractivity contribution in [2.45, 2.75) is 6.42 Å². The number of ketones is 1. The number of rotatable bonds is 0. The normalized spacial score (nSPS) is 14.2. The zero-order valence-electron chi connectivity index (χ0n) is 6.45. The Morgan fingerprint density at radius 1 is 1.25 bits per heavy atom. The van der Waals surface area contributed by atoms with Crippen LogP contribution in [0, 0.1) is 0 Å². The third-order valence-corrected chi connectivity index (χ3v) is 1.77. The van der Waals surface area contributed by atoms with Crippen molar-refractivity contribution in [1.29, 1.82) is 0 Å². The molecule has 0 aliphatic carbocycles. The van der Waals surface area contributed by atoms with E-state index in [0.717, 1.165) is 11.3 Å². The van der Waals surface area contributed by atoms with E-state index >= 15 is 0 Å². The molecule has 0 saturated carbocycles. The molecule has 1 aliphatic heterocycles. The van der Waals surface area contributed by atoms with E-state index in [2.05, 4.69) is 0 Å². The van der Waals surface area contributed by atoms with Crippen LogP contribution in [0.5, 0.6) is 5.75 Å². The summed E-state index contributed by atoms with van der Waals surface area (Å²) in [4.78, 5) is 11.2. The van der Waals surface area contributed by atoms with Crippen LogP contribution in [0.25, 0.3) is 0 Å². The number of Topliss-reactive ketones (excluding diaryl/α,β-unsaturated/α-hetero) is 1. The van der Waals surface area contributed by atoms with E-state index in [9.17, 15) is 4.79 Å². The second-order valence-corrected chi connectivity index (χ2v) is 2.52. The molecule has 12 heavy (non-hydrogen) atoms. The second-order valence-electron chi connectivity index (χ2n) is 2.52. The summed E-state index contributed by atoms with van der Waals surface area (Å²) >= 11 is 0.